The van der Waals surface area contributed by atoms with E-state index in [9.17, 15) is 8.78 Å². The number of imidazole rings is 1. The van der Waals surface area contributed by atoms with E-state index >= 15 is 0 Å². The summed E-state index contributed by atoms with van der Waals surface area (Å²) < 4.78 is 28.9. The number of para-hydroxylation sites is 2. The van der Waals surface area contributed by atoms with Crippen LogP contribution in [0.15, 0.2) is 42.5 Å². The second kappa shape index (κ2) is 5.26. The maximum absolute atomic E-state index is 13.8. The lowest BCUT2D eigenvalue weighted by molar-refractivity contribution is 0.554. The van der Waals surface area contributed by atoms with Crippen molar-refractivity contribution in [3.05, 3.63) is 65.5 Å². The van der Waals surface area contributed by atoms with Gasteiger partial charge in [0, 0.05) is 25.1 Å². The Hall–Kier alpha value is -2.27. The van der Waals surface area contributed by atoms with Gasteiger partial charge in [-0.05, 0) is 30.3 Å². The number of rotatable bonds is 3. The Balaban J connectivity index is 1.94. The largest absolute Gasteiger partial charge is 0.331 e. The van der Waals surface area contributed by atoms with E-state index in [-0.39, 0.29) is 5.56 Å². The van der Waals surface area contributed by atoms with Gasteiger partial charge in [0.2, 0.25) is 0 Å². The van der Waals surface area contributed by atoms with Crippen LogP contribution in [0, 0.1) is 11.6 Å². The Morgan fingerprint density at radius 2 is 1.95 bits per heavy atom. The van der Waals surface area contributed by atoms with Crippen LogP contribution >= 0.6 is 0 Å². The fraction of sp³-hybridized carbons (Fsp3) is 0.188. The smallest absolute Gasteiger partial charge is 0.128 e. The van der Waals surface area contributed by atoms with Crippen LogP contribution < -0.4 is 5.73 Å². The molecule has 1 atom stereocenters. The normalized spacial score (nSPS) is 12.8. The molecule has 0 saturated heterocycles. The third kappa shape index (κ3) is 2.52. The summed E-state index contributed by atoms with van der Waals surface area (Å²) in [6.07, 6.45) is 0.339. The molecule has 1 heterocycles. The molecule has 108 valence electrons. The number of fused-ring (bicyclic) bond motifs is 1. The third-order valence-electron chi connectivity index (χ3n) is 3.64. The summed E-state index contributed by atoms with van der Waals surface area (Å²) >= 11 is 0. The molecule has 0 aliphatic heterocycles. The highest BCUT2D eigenvalue weighted by molar-refractivity contribution is 5.75. The molecule has 0 bridgehead atoms. The predicted octanol–water partition coefficient (Wildman–Crippen LogP) is 3.09. The maximum Gasteiger partial charge on any atom is 0.128 e. The van der Waals surface area contributed by atoms with Crippen LogP contribution in [-0.2, 0) is 13.5 Å². The molecular formula is C16H15F2N3. The van der Waals surface area contributed by atoms with Gasteiger partial charge in [0.15, 0.2) is 0 Å². The minimum atomic E-state index is -0.642. The van der Waals surface area contributed by atoms with Gasteiger partial charge in [-0.1, -0.05) is 12.1 Å². The van der Waals surface area contributed by atoms with Gasteiger partial charge in [-0.3, -0.25) is 0 Å². The predicted molar refractivity (Wildman–Crippen MR) is 77.7 cm³/mol. The summed E-state index contributed by atoms with van der Waals surface area (Å²) in [5, 5.41) is 0. The highest BCUT2D eigenvalue weighted by atomic mass is 19.1. The number of nitrogens with zero attached hydrogens (tertiary/aromatic N) is 2. The highest BCUT2D eigenvalue weighted by Gasteiger charge is 2.16. The van der Waals surface area contributed by atoms with Gasteiger partial charge in [0.25, 0.3) is 0 Å². The van der Waals surface area contributed by atoms with Crippen molar-refractivity contribution in [3.63, 3.8) is 0 Å². The van der Waals surface area contributed by atoms with Gasteiger partial charge in [-0.2, -0.15) is 0 Å². The lowest BCUT2D eigenvalue weighted by atomic mass is 10.0. The molecule has 0 aliphatic rings. The molecule has 5 heteroatoms. The Kier molecular flexibility index (Phi) is 3.43. The van der Waals surface area contributed by atoms with Crippen LogP contribution in [0.4, 0.5) is 8.78 Å². The standard InChI is InChI=1S/C16H15F2N3/c1-21-15-5-3-2-4-14(15)20-16(21)9-13(19)11-8-10(17)6-7-12(11)18/h2-8,13H,9,19H2,1H3. The number of hydrogen-bond acceptors (Lipinski definition) is 2. The summed E-state index contributed by atoms with van der Waals surface area (Å²) in [6.45, 7) is 0. The summed E-state index contributed by atoms with van der Waals surface area (Å²) in [4.78, 5) is 4.50. The second-order valence-corrected chi connectivity index (χ2v) is 5.05. The molecule has 1 unspecified atom stereocenters. The van der Waals surface area contributed by atoms with Crippen LogP contribution in [0.1, 0.15) is 17.4 Å². The summed E-state index contributed by atoms with van der Waals surface area (Å²) in [5.41, 5.74) is 8.04. The fourth-order valence-electron chi connectivity index (χ4n) is 2.48. The molecular weight excluding hydrogens is 272 g/mol. The fourth-order valence-corrected chi connectivity index (χ4v) is 2.48. The average Bonchev–Trinajstić information content (AvgIpc) is 2.78. The van der Waals surface area contributed by atoms with Gasteiger partial charge < -0.3 is 10.3 Å². The first-order chi connectivity index (χ1) is 10.1. The Morgan fingerprint density at radius 1 is 1.19 bits per heavy atom. The summed E-state index contributed by atoms with van der Waals surface area (Å²) in [7, 11) is 1.89. The molecule has 3 aromatic rings. The zero-order valence-corrected chi connectivity index (χ0v) is 11.6. The summed E-state index contributed by atoms with van der Waals surface area (Å²) in [6, 6.07) is 10.4. The van der Waals surface area contributed by atoms with E-state index in [1.807, 2.05) is 35.9 Å². The van der Waals surface area contributed by atoms with E-state index in [2.05, 4.69) is 4.98 Å². The minimum absolute atomic E-state index is 0.169. The number of benzene rings is 2. The van der Waals surface area contributed by atoms with E-state index in [0.717, 1.165) is 35.1 Å². The molecule has 0 amide bonds. The van der Waals surface area contributed by atoms with Gasteiger partial charge in [-0.15, -0.1) is 0 Å². The van der Waals surface area contributed by atoms with Crippen LogP contribution in [-0.4, -0.2) is 9.55 Å². The van der Waals surface area contributed by atoms with Gasteiger partial charge in [-0.25, -0.2) is 13.8 Å². The van der Waals surface area contributed by atoms with E-state index in [0.29, 0.717) is 6.42 Å². The molecule has 3 rings (SSSR count). The first-order valence-electron chi connectivity index (χ1n) is 6.67. The van der Waals surface area contributed by atoms with Crippen molar-refractivity contribution in [2.75, 3.05) is 0 Å². The Morgan fingerprint density at radius 3 is 2.71 bits per heavy atom. The first kappa shape index (κ1) is 13.7. The zero-order valence-electron chi connectivity index (χ0n) is 11.6. The molecule has 0 aliphatic carbocycles. The Bertz CT molecular complexity index is 795. The van der Waals surface area contributed by atoms with E-state index in [1.54, 1.807) is 0 Å². The Labute approximate surface area is 121 Å². The molecule has 0 spiro atoms. The van der Waals surface area contributed by atoms with Gasteiger partial charge in [0.05, 0.1) is 11.0 Å². The van der Waals surface area contributed by atoms with Crippen LogP contribution in [0.25, 0.3) is 11.0 Å². The van der Waals surface area contributed by atoms with Crippen molar-refractivity contribution in [1.29, 1.82) is 0 Å². The zero-order chi connectivity index (χ0) is 15.0. The minimum Gasteiger partial charge on any atom is -0.331 e. The summed E-state index contributed by atoms with van der Waals surface area (Å²) in [5.74, 6) is -0.248. The molecule has 3 nitrogen and oxygen atoms in total. The van der Waals surface area contributed by atoms with E-state index in [4.69, 9.17) is 5.73 Å². The van der Waals surface area contributed by atoms with Crippen molar-refractivity contribution in [2.45, 2.75) is 12.5 Å². The molecule has 1 aromatic heterocycles. The van der Waals surface area contributed by atoms with Crippen molar-refractivity contribution in [1.82, 2.24) is 9.55 Å². The quantitative estimate of drug-likeness (QED) is 0.804. The van der Waals surface area contributed by atoms with Crippen LogP contribution in [0.3, 0.4) is 0 Å². The maximum atomic E-state index is 13.8. The number of aryl methyl sites for hydroxylation is 1. The molecule has 21 heavy (non-hydrogen) atoms. The average molecular weight is 287 g/mol. The molecule has 0 fully saturated rings. The van der Waals surface area contributed by atoms with Crippen molar-refractivity contribution < 1.29 is 8.78 Å². The van der Waals surface area contributed by atoms with Crippen LogP contribution in [0.5, 0.6) is 0 Å². The van der Waals surface area contributed by atoms with E-state index < -0.39 is 17.7 Å². The van der Waals surface area contributed by atoms with Crippen molar-refractivity contribution >= 4 is 11.0 Å². The molecule has 0 radical (unpaired) electrons. The van der Waals surface area contributed by atoms with Gasteiger partial charge in [0.1, 0.15) is 17.5 Å². The number of aromatic nitrogens is 2. The number of hydrogen-bond donors (Lipinski definition) is 1. The second-order valence-electron chi connectivity index (χ2n) is 5.05. The first-order valence-corrected chi connectivity index (χ1v) is 6.67. The molecule has 0 saturated carbocycles. The molecule has 2 aromatic carbocycles. The molecule has 2 N–H and O–H groups in total. The van der Waals surface area contributed by atoms with Crippen LogP contribution in [0.2, 0.25) is 0 Å². The van der Waals surface area contributed by atoms with Gasteiger partial charge >= 0.3 is 0 Å². The number of halogens is 2. The highest BCUT2D eigenvalue weighted by Crippen LogP contribution is 2.22. The topological polar surface area (TPSA) is 43.8 Å². The van der Waals surface area contributed by atoms with Crippen molar-refractivity contribution in [2.24, 2.45) is 12.8 Å². The van der Waals surface area contributed by atoms with Crippen molar-refractivity contribution in [3.8, 4) is 0 Å². The lowest BCUT2D eigenvalue weighted by Gasteiger charge is -2.13. The van der Waals surface area contributed by atoms with E-state index in [1.165, 1.54) is 0 Å². The third-order valence-corrected chi connectivity index (χ3v) is 3.64. The SMILES string of the molecule is Cn1c(CC(N)c2cc(F)ccc2F)nc2ccccc21. The number of nitrogens with two attached hydrogens (primary N) is 1. The lowest BCUT2D eigenvalue weighted by Crippen LogP contribution is -2.17. The monoisotopic (exact) mass is 287 g/mol.